The van der Waals surface area contributed by atoms with Crippen LogP contribution in [0.4, 0.5) is 0 Å². The first-order valence-electron chi connectivity index (χ1n) is 6.79. The number of nitrogens with zero attached hydrogens (tertiary/aromatic N) is 1. The van der Waals surface area contributed by atoms with Gasteiger partial charge in [-0.15, -0.1) is 12.4 Å². The van der Waals surface area contributed by atoms with Crippen LogP contribution in [0, 0.1) is 5.92 Å². The summed E-state index contributed by atoms with van der Waals surface area (Å²) in [4.78, 5) is 14.1. The SMILES string of the molecule is COc1cccc(CN(C)C(=O)C2CCCNC2)c1.Cl. The van der Waals surface area contributed by atoms with E-state index >= 15 is 0 Å². The van der Waals surface area contributed by atoms with Gasteiger partial charge in [0.15, 0.2) is 0 Å². The van der Waals surface area contributed by atoms with E-state index in [4.69, 9.17) is 4.74 Å². The van der Waals surface area contributed by atoms with Crippen molar-refractivity contribution in [3.63, 3.8) is 0 Å². The Morgan fingerprint density at radius 1 is 1.50 bits per heavy atom. The van der Waals surface area contributed by atoms with Crippen molar-refractivity contribution in [2.75, 3.05) is 27.2 Å². The Hall–Kier alpha value is -1.26. The predicted molar refractivity (Wildman–Crippen MR) is 82.3 cm³/mol. The van der Waals surface area contributed by atoms with Gasteiger partial charge in [-0.1, -0.05) is 12.1 Å². The normalized spacial score (nSPS) is 18.0. The van der Waals surface area contributed by atoms with E-state index in [0.717, 1.165) is 37.2 Å². The number of carbonyl (C=O) groups excluding carboxylic acids is 1. The molecule has 112 valence electrons. The Morgan fingerprint density at radius 2 is 2.30 bits per heavy atom. The van der Waals surface area contributed by atoms with E-state index in [0.29, 0.717) is 6.54 Å². The second-order valence-electron chi connectivity index (χ2n) is 5.09. The fraction of sp³-hybridized carbons (Fsp3) is 0.533. The number of benzene rings is 1. The first-order chi connectivity index (χ1) is 9.20. The Labute approximate surface area is 126 Å². The van der Waals surface area contributed by atoms with E-state index in [-0.39, 0.29) is 24.2 Å². The molecule has 2 rings (SSSR count). The highest BCUT2D eigenvalue weighted by molar-refractivity contribution is 5.85. The number of hydrogen-bond donors (Lipinski definition) is 1. The van der Waals surface area contributed by atoms with Crippen LogP contribution in [0.5, 0.6) is 5.75 Å². The number of hydrogen-bond acceptors (Lipinski definition) is 3. The largest absolute Gasteiger partial charge is 0.497 e. The van der Waals surface area contributed by atoms with E-state index in [1.54, 1.807) is 7.11 Å². The van der Waals surface area contributed by atoms with Crippen molar-refractivity contribution >= 4 is 18.3 Å². The summed E-state index contributed by atoms with van der Waals surface area (Å²) in [5.74, 6) is 1.19. The summed E-state index contributed by atoms with van der Waals surface area (Å²) in [5, 5.41) is 3.29. The number of halogens is 1. The number of piperidine rings is 1. The van der Waals surface area contributed by atoms with Crippen LogP contribution in [0.25, 0.3) is 0 Å². The molecule has 1 amide bonds. The maximum absolute atomic E-state index is 12.3. The van der Waals surface area contributed by atoms with Crippen molar-refractivity contribution in [3.05, 3.63) is 29.8 Å². The lowest BCUT2D eigenvalue weighted by atomic mass is 9.98. The van der Waals surface area contributed by atoms with Crippen molar-refractivity contribution in [1.82, 2.24) is 10.2 Å². The van der Waals surface area contributed by atoms with Crippen LogP contribution in [0.2, 0.25) is 0 Å². The molecule has 20 heavy (non-hydrogen) atoms. The average molecular weight is 299 g/mol. The molecule has 0 bridgehead atoms. The molecule has 1 aliphatic rings. The minimum atomic E-state index is 0. The zero-order chi connectivity index (χ0) is 13.7. The number of ether oxygens (including phenoxy) is 1. The molecular formula is C15H23ClN2O2. The summed E-state index contributed by atoms with van der Waals surface area (Å²) >= 11 is 0. The highest BCUT2D eigenvalue weighted by atomic mass is 35.5. The second-order valence-corrected chi connectivity index (χ2v) is 5.09. The van der Waals surface area contributed by atoms with Gasteiger partial charge >= 0.3 is 0 Å². The van der Waals surface area contributed by atoms with Crippen LogP contribution in [0.3, 0.4) is 0 Å². The quantitative estimate of drug-likeness (QED) is 0.925. The number of methoxy groups -OCH3 is 1. The second kappa shape index (κ2) is 8.12. The molecule has 5 heteroatoms. The molecule has 1 heterocycles. The average Bonchev–Trinajstić information content (AvgIpc) is 2.47. The highest BCUT2D eigenvalue weighted by Crippen LogP contribution is 2.17. The zero-order valence-electron chi connectivity index (χ0n) is 12.1. The van der Waals surface area contributed by atoms with E-state index in [1.807, 2.05) is 36.2 Å². The molecule has 0 radical (unpaired) electrons. The van der Waals surface area contributed by atoms with Gasteiger partial charge in [-0.2, -0.15) is 0 Å². The molecule has 1 aromatic carbocycles. The zero-order valence-corrected chi connectivity index (χ0v) is 12.9. The number of nitrogens with one attached hydrogen (secondary N) is 1. The molecule has 4 nitrogen and oxygen atoms in total. The van der Waals surface area contributed by atoms with Gasteiger partial charge in [-0.05, 0) is 37.1 Å². The fourth-order valence-corrected chi connectivity index (χ4v) is 2.50. The van der Waals surface area contributed by atoms with Gasteiger partial charge in [0.1, 0.15) is 5.75 Å². The van der Waals surface area contributed by atoms with E-state index in [1.165, 1.54) is 0 Å². The monoisotopic (exact) mass is 298 g/mol. The van der Waals surface area contributed by atoms with E-state index in [9.17, 15) is 4.79 Å². The molecule has 0 aliphatic carbocycles. The fourth-order valence-electron chi connectivity index (χ4n) is 2.50. The standard InChI is InChI=1S/C15H22N2O2.ClH/c1-17(15(18)13-6-4-8-16-10-13)11-12-5-3-7-14(9-12)19-2;/h3,5,7,9,13,16H,4,6,8,10-11H2,1-2H3;1H. The van der Waals surface area contributed by atoms with E-state index < -0.39 is 0 Å². The van der Waals surface area contributed by atoms with Gasteiger partial charge in [-0.3, -0.25) is 4.79 Å². The van der Waals surface area contributed by atoms with Crippen LogP contribution >= 0.6 is 12.4 Å². The molecule has 1 unspecified atom stereocenters. The Morgan fingerprint density at radius 3 is 2.95 bits per heavy atom. The van der Waals surface area contributed by atoms with Crippen LogP contribution in [-0.2, 0) is 11.3 Å². The third-order valence-electron chi connectivity index (χ3n) is 3.58. The third kappa shape index (κ3) is 4.39. The van der Waals surface area contributed by atoms with Crippen molar-refractivity contribution in [1.29, 1.82) is 0 Å². The minimum absolute atomic E-state index is 0. The van der Waals surface area contributed by atoms with Gasteiger partial charge in [-0.25, -0.2) is 0 Å². The summed E-state index contributed by atoms with van der Waals surface area (Å²) in [5.41, 5.74) is 1.10. The molecule has 1 fully saturated rings. The van der Waals surface area contributed by atoms with Crippen LogP contribution < -0.4 is 10.1 Å². The van der Waals surface area contributed by atoms with Crippen molar-refractivity contribution in [2.24, 2.45) is 5.92 Å². The maximum Gasteiger partial charge on any atom is 0.227 e. The summed E-state index contributed by atoms with van der Waals surface area (Å²) in [7, 11) is 3.53. The highest BCUT2D eigenvalue weighted by Gasteiger charge is 2.23. The smallest absolute Gasteiger partial charge is 0.227 e. The molecule has 0 saturated carbocycles. The number of rotatable bonds is 4. The van der Waals surface area contributed by atoms with Crippen molar-refractivity contribution in [3.8, 4) is 5.75 Å². The summed E-state index contributed by atoms with van der Waals surface area (Å²) in [6.45, 7) is 2.47. The maximum atomic E-state index is 12.3. The topological polar surface area (TPSA) is 41.6 Å². The van der Waals surface area contributed by atoms with Crippen LogP contribution in [0.15, 0.2) is 24.3 Å². The van der Waals surface area contributed by atoms with Gasteiger partial charge in [0, 0.05) is 20.1 Å². The molecular weight excluding hydrogens is 276 g/mol. The van der Waals surface area contributed by atoms with E-state index in [2.05, 4.69) is 5.32 Å². The molecule has 1 N–H and O–H groups in total. The molecule has 0 spiro atoms. The summed E-state index contributed by atoms with van der Waals surface area (Å²) in [6.07, 6.45) is 2.08. The van der Waals surface area contributed by atoms with Gasteiger partial charge in [0.05, 0.1) is 13.0 Å². The summed E-state index contributed by atoms with van der Waals surface area (Å²) in [6, 6.07) is 7.86. The Balaban J connectivity index is 0.00000200. The van der Waals surface area contributed by atoms with Gasteiger partial charge < -0.3 is 15.0 Å². The third-order valence-corrected chi connectivity index (χ3v) is 3.58. The molecule has 1 aliphatic heterocycles. The molecule has 0 aromatic heterocycles. The number of carbonyl (C=O) groups is 1. The van der Waals surface area contributed by atoms with Gasteiger partial charge in [0.2, 0.25) is 5.91 Å². The first-order valence-corrected chi connectivity index (χ1v) is 6.79. The Kier molecular flexibility index (Phi) is 6.82. The van der Waals surface area contributed by atoms with Crippen molar-refractivity contribution < 1.29 is 9.53 Å². The van der Waals surface area contributed by atoms with Crippen molar-refractivity contribution in [2.45, 2.75) is 19.4 Å². The van der Waals surface area contributed by atoms with Crippen LogP contribution in [-0.4, -0.2) is 38.1 Å². The minimum Gasteiger partial charge on any atom is -0.497 e. The molecule has 1 aromatic rings. The number of amides is 1. The molecule has 1 atom stereocenters. The Bertz CT molecular complexity index is 434. The predicted octanol–water partition coefficient (Wildman–Crippen LogP) is 2.07. The van der Waals surface area contributed by atoms with Gasteiger partial charge in [0.25, 0.3) is 0 Å². The molecule has 1 saturated heterocycles. The lowest BCUT2D eigenvalue weighted by molar-refractivity contribution is -0.135. The lowest BCUT2D eigenvalue weighted by Gasteiger charge is -2.27. The summed E-state index contributed by atoms with van der Waals surface area (Å²) < 4.78 is 5.20. The lowest BCUT2D eigenvalue weighted by Crippen LogP contribution is -2.41. The first kappa shape index (κ1) is 16.8. The van der Waals surface area contributed by atoms with Crippen LogP contribution in [0.1, 0.15) is 18.4 Å².